The lowest BCUT2D eigenvalue weighted by Gasteiger charge is -2.16. The second-order valence-corrected chi connectivity index (χ2v) is 5.45. The Balaban J connectivity index is 2.14. The van der Waals surface area contributed by atoms with Crippen molar-refractivity contribution in [3.63, 3.8) is 0 Å². The summed E-state index contributed by atoms with van der Waals surface area (Å²) in [6, 6.07) is 7.49. The fraction of sp³-hybridized carbons (Fsp3) is 0.538. The van der Waals surface area contributed by atoms with Gasteiger partial charge >= 0.3 is 0 Å². The van der Waals surface area contributed by atoms with E-state index in [9.17, 15) is 0 Å². The summed E-state index contributed by atoms with van der Waals surface area (Å²) in [6.45, 7) is 8.50. The van der Waals surface area contributed by atoms with Crippen LogP contribution in [0.3, 0.4) is 0 Å². The van der Waals surface area contributed by atoms with E-state index in [4.69, 9.17) is 16.3 Å². The standard InChI is InChI=1S/C13H20ClNO/c1-13(2,3)15-9-4-10-16-12-7-5-11(14)6-8-12/h5-8,15H,4,9-10H2,1-3H3/p+1. The maximum atomic E-state index is 5.79. The SMILES string of the molecule is CC(C)(C)[NH2+]CCCOc1ccc(Cl)cc1. The zero-order valence-corrected chi connectivity index (χ0v) is 11.1. The third-order valence-corrected chi connectivity index (χ3v) is 2.44. The Morgan fingerprint density at radius 2 is 1.81 bits per heavy atom. The van der Waals surface area contributed by atoms with Crippen LogP contribution in [-0.4, -0.2) is 18.7 Å². The minimum Gasteiger partial charge on any atom is -0.493 e. The molecule has 0 radical (unpaired) electrons. The fourth-order valence-corrected chi connectivity index (χ4v) is 1.47. The van der Waals surface area contributed by atoms with Gasteiger partial charge in [-0.2, -0.15) is 0 Å². The Kier molecular flexibility index (Phi) is 5.10. The van der Waals surface area contributed by atoms with Crippen molar-refractivity contribution in [2.24, 2.45) is 0 Å². The van der Waals surface area contributed by atoms with Crippen LogP contribution in [0.4, 0.5) is 0 Å². The van der Waals surface area contributed by atoms with Crippen molar-refractivity contribution >= 4 is 11.6 Å². The van der Waals surface area contributed by atoms with Crippen molar-refractivity contribution < 1.29 is 10.1 Å². The highest BCUT2D eigenvalue weighted by Crippen LogP contribution is 2.15. The fourth-order valence-electron chi connectivity index (χ4n) is 1.34. The first-order chi connectivity index (χ1) is 7.47. The molecular formula is C13H21ClNO+. The zero-order chi connectivity index (χ0) is 12.0. The molecule has 0 saturated carbocycles. The molecule has 2 N–H and O–H groups in total. The topological polar surface area (TPSA) is 25.8 Å². The number of nitrogens with two attached hydrogens (primary N) is 1. The first-order valence-electron chi connectivity index (χ1n) is 5.70. The van der Waals surface area contributed by atoms with Gasteiger partial charge in [-0.3, -0.25) is 0 Å². The smallest absolute Gasteiger partial charge is 0.119 e. The molecule has 0 saturated heterocycles. The Labute approximate surface area is 103 Å². The van der Waals surface area contributed by atoms with Crippen molar-refractivity contribution in [1.29, 1.82) is 0 Å². The highest BCUT2D eigenvalue weighted by Gasteiger charge is 2.11. The van der Waals surface area contributed by atoms with Gasteiger partial charge in [0, 0.05) is 11.4 Å². The predicted molar refractivity (Wildman–Crippen MR) is 68.1 cm³/mol. The molecule has 0 aliphatic rings. The predicted octanol–water partition coefficient (Wildman–Crippen LogP) is 2.47. The van der Waals surface area contributed by atoms with Gasteiger partial charge in [0.1, 0.15) is 5.75 Å². The Morgan fingerprint density at radius 1 is 1.19 bits per heavy atom. The molecule has 0 atom stereocenters. The third-order valence-electron chi connectivity index (χ3n) is 2.19. The molecule has 16 heavy (non-hydrogen) atoms. The van der Waals surface area contributed by atoms with Crippen molar-refractivity contribution in [3.8, 4) is 5.75 Å². The molecule has 0 aromatic heterocycles. The van der Waals surface area contributed by atoms with E-state index in [2.05, 4.69) is 26.1 Å². The number of ether oxygens (including phenoxy) is 1. The highest BCUT2D eigenvalue weighted by molar-refractivity contribution is 6.30. The lowest BCUT2D eigenvalue weighted by atomic mass is 10.1. The maximum absolute atomic E-state index is 5.79. The molecule has 0 aliphatic heterocycles. The molecule has 0 amide bonds. The summed E-state index contributed by atoms with van der Waals surface area (Å²) < 4.78 is 5.60. The van der Waals surface area contributed by atoms with Crippen molar-refractivity contribution in [1.82, 2.24) is 0 Å². The lowest BCUT2D eigenvalue weighted by Crippen LogP contribution is -2.94. The number of halogens is 1. The summed E-state index contributed by atoms with van der Waals surface area (Å²) in [5, 5.41) is 3.08. The number of hydrogen-bond acceptors (Lipinski definition) is 1. The van der Waals surface area contributed by atoms with E-state index < -0.39 is 0 Å². The van der Waals surface area contributed by atoms with Crippen LogP contribution >= 0.6 is 11.6 Å². The third kappa shape index (κ3) is 5.99. The first-order valence-corrected chi connectivity index (χ1v) is 6.08. The van der Waals surface area contributed by atoms with Gasteiger partial charge in [-0.15, -0.1) is 0 Å². The van der Waals surface area contributed by atoms with Gasteiger partial charge in [-0.05, 0) is 45.0 Å². The van der Waals surface area contributed by atoms with Crippen LogP contribution in [0.5, 0.6) is 5.75 Å². The van der Waals surface area contributed by atoms with Crippen LogP contribution in [-0.2, 0) is 0 Å². The van der Waals surface area contributed by atoms with Crippen LogP contribution in [0.15, 0.2) is 24.3 Å². The monoisotopic (exact) mass is 242 g/mol. The molecule has 1 aromatic rings. The average molecular weight is 243 g/mol. The van der Waals surface area contributed by atoms with E-state index in [0.29, 0.717) is 5.54 Å². The van der Waals surface area contributed by atoms with E-state index in [0.717, 1.165) is 30.3 Å². The summed E-state index contributed by atoms with van der Waals surface area (Å²) in [6.07, 6.45) is 1.06. The van der Waals surface area contributed by atoms with Crippen LogP contribution < -0.4 is 10.1 Å². The highest BCUT2D eigenvalue weighted by atomic mass is 35.5. The van der Waals surface area contributed by atoms with E-state index >= 15 is 0 Å². The molecule has 0 unspecified atom stereocenters. The van der Waals surface area contributed by atoms with E-state index in [-0.39, 0.29) is 0 Å². The maximum Gasteiger partial charge on any atom is 0.119 e. The lowest BCUT2D eigenvalue weighted by molar-refractivity contribution is -0.717. The summed E-state index contributed by atoms with van der Waals surface area (Å²) in [7, 11) is 0. The van der Waals surface area contributed by atoms with Crippen LogP contribution in [0, 0.1) is 0 Å². The zero-order valence-electron chi connectivity index (χ0n) is 10.3. The second-order valence-electron chi connectivity index (χ2n) is 5.01. The van der Waals surface area contributed by atoms with Gasteiger partial charge in [0.25, 0.3) is 0 Å². The van der Waals surface area contributed by atoms with Crippen molar-refractivity contribution in [3.05, 3.63) is 29.3 Å². The summed E-state index contributed by atoms with van der Waals surface area (Å²) in [5.74, 6) is 0.889. The Hall–Kier alpha value is -0.730. The number of hydrogen-bond donors (Lipinski definition) is 1. The van der Waals surface area contributed by atoms with Gasteiger partial charge in [0.2, 0.25) is 0 Å². The quantitative estimate of drug-likeness (QED) is 0.789. The molecule has 0 bridgehead atoms. The minimum absolute atomic E-state index is 0.306. The molecule has 0 heterocycles. The molecule has 1 rings (SSSR count). The number of rotatable bonds is 5. The van der Waals surface area contributed by atoms with E-state index in [1.165, 1.54) is 0 Å². The normalized spacial score (nSPS) is 11.5. The van der Waals surface area contributed by atoms with E-state index in [1.807, 2.05) is 24.3 Å². The molecule has 0 spiro atoms. The molecule has 3 heteroatoms. The molecule has 0 fully saturated rings. The van der Waals surface area contributed by atoms with Gasteiger partial charge in [0.15, 0.2) is 0 Å². The van der Waals surface area contributed by atoms with Gasteiger partial charge in [-0.1, -0.05) is 11.6 Å². The van der Waals surface area contributed by atoms with Crippen molar-refractivity contribution in [2.75, 3.05) is 13.2 Å². The van der Waals surface area contributed by atoms with Crippen molar-refractivity contribution in [2.45, 2.75) is 32.7 Å². The molecular weight excluding hydrogens is 222 g/mol. The number of quaternary nitrogens is 1. The molecule has 1 aromatic carbocycles. The van der Waals surface area contributed by atoms with E-state index in [1.54, 1.807) is 0 Å². The summed E-state index contributed by atoms with van der Waals surface area (Å²) in [4.78, 5) is 0. The van der Waals surface area contributed by atoms with Crippen LogP contribution in [0.2, 0.25) is 5.02 Å². The Bertz CT molecular complexity index is 303. The Morgan fingerprint density at radius 3 is 2.38 bits per heavy atom. The number of benzene rings is 1. The summed E-state index contributed by atoms with van der Waals surface area (Å²) >= 11 is 5.79. The second kappa shape index (κ2) is 6.12. The summed E-state index contributed by atoms with van der Waals surface area (Å²) in [5.41, 5.74) is 0.306. The minimum atomic E-state index is 0.306. The van der Waals surface area contributed by atoms with Crippen LogP contribution in [0.1, 0.15) is 27.2 Å². The molecule has 2 nitrogen and oxygen atoms in total. The first kappa shape index (κ1) is 13.3. The van der Waals surface area contributed by atoms with Crippen LogP contribution in [0.25, 0.3) is 0 Å². The average Bonchev–Trinajstić information content (AvgIpc) is 2.19. The van der Waals surface area contributed by atoms with Gasteiger partial charge < -0.3 is 10.1 Å². The van der Waals surface area contributed by atoms with Gasteiger partial charge in [0.05, 0.1) is 18.7 Å². The van der Waals surface area contributed by atoms with Gasteiger partial charge in [-0.25, -0.2) is 0 Å². The molecule has 90 valence electrons. The molecule has 0 aliphatic carbocycles. The largest absolute Gasteiger partial charge is 0.493 e.